The lowest BCUT2D eigenvalue weighted by Crippen LogP contribution is -2.29. The maximum Gasteiger partial charge on any atom is 0.127 e. The lowest BCUT2D eigenvalue weighted by molar-refractivity contribution is 0.400. The zero-order valence-electron chi connectivity index (χ0n) is 11.5. The number of hydrazine groups is 1. The van der Waals surface area contributed by atoms with Gasteiger partial charge >= 0.3 is 0 Å². The lowest BCUT2D eigenvalue weighted by Gasteiger charge is -2.21. The number of benzene rings is 1. The molecule has 0 aliphatic rings. The van der Waals surface area contributed by atoms with Crippen LogP contribution >= 0.6 is 0 Å². The molecule has 3 N–H and O–H groups in total. The molecule has 1 heterocycles. The SMILES string of the molecule is COc1c(C(NN)c2cccnc2)ccc(C)c1C. The molecule has 0 saturated carbocycles. The summed E-state index contributed by atoms with van der Waals surface area (Å²) >= 11 is 0. The van der Waals surface area contributed by atoms with Crippen LogP contribution in [-0.2, 0) is 0 Å². The van der Waals surface area contributed by atoms with Crippen molar-refractivity contribution in [3.63, 3.8) is 0 Å². The highest BCUT2D eigenvalue weighted by molar-refractivity contribution is 5.49. The molecular weight excluding hydrogens is 238 g/mol. The van der Waals surface area contributed by atoms with Crippen molar-refractivity contribution in [1.82, 2.24) is 10.4 Å². The second kappa shape index (κ2) is 5.82. The number of nitrogens with two attached hydrogens (primary N) is 1. The van der Waals surface area contributed by atoms with Crippen LogP contribution in [0.15, 0.2) is 36.7 Å². The Kier molecular flexibility index (Phi) is 4.14. The summed E-state index contributed by atoms with van der Waals surface area (Å²) in [5.74, 6) is 6.58. The zero-order valence-corrected chi connectivity index (χ0v) is 11.5. The van der Waals surface area contributed by atoms with Crippen molar-refractivity contribution in [2.24, 2.45) is 5.84 Å². The second-order valence-corrected chi connectivity index (χ2v) is 4.52. The molecule has 100 valence electrons. The first-order valence-electron chi connectivity index (χ1n) is 6.19. The summed E-state index contributed by atoms with van der Waals surface area (Å²) in [6.07, 6.45) is 3.55. The van der Waals surface area contributed by atoms with E-state index in [-0.39, 0.29) is 6.04 Å². The Morgan fingerprint density at radius 1 is 1.26 bits per heavy atom. The molecule has 0 fully saturated rings. The molecular formula is C15H19N3O. The van der Waals surface area contributed by atoms with Gasteiger partial charge in [-0.05, 0) is 36.6 Å². The number of methoxy groups -OCH3 is 1. The maximum atomic E-state index is 5.72. The highest BCUT2D eigenvalue weighted by Crippen LogP contribution is 2.33. The average molecular weight is 257 g/mol. The predicted octanol–water partition coefficient (Wildman–Crippen LogP) is 2.26. The van der Waals surface area contributed by atoms with Gasteiger partial charge < -0.3 is 4.74 Å². The van der Waals surface area contributed by atoms with Crippen LogP contribution in [0.4, 0.5) is 0 Å². The summed E-state index contributed by atoms with van der Waals surface area (Å²) in [7, 11) is 1.68. The highest BCUT2D eigenvalue weighted by atomic mass is 16.5. The molecule has 1 aromatic carbocycles. The molecule has 2 rings (SSSR count). The van der Waals surface area contributed by atoms with Crippen molar-refractivity contribution in [3.05, 3.63) is 58.9 Å². The van der Waals surface area contributed by atoms with Gasteiger partial charge in [-0.3, -0.25) is 10.8 Å². The number of nitrogens with zero attached hydrogens (tertiary/aromatic N) is 1. The molecule has 2 aromatic rings. The van der Waals surface area contributed by atoms with Crippen molar-refractivity contribution >= 4 is 0 Å². The minimum atomic E-state index is -0.136. The first-order chi connectivity index (χ1) is 9.19. The van der Waals surface area contributed by atoms with E-state index in [9.17, 15) is 0 Å². The number of hydrogen-bond acceptors (Lipinski definition) is 4. The van der Waals surface area contributed by atoms with Crippen LogP contribution in [0.2, 0.25) is 0 Å². The van der Waals surface area contributed by atoms with E-state index >= 15 is 0 Å². The fraction of sp³-hybridized carbons (Fsp3) is 0.267. The normalized spacial score (nSPS) is 12.2. The third kappa shape index (κ3) is 2.59. The summed E-state index contributed by atoms with van der Waals surface area (Å²) in [4.78, 5) is 4.14. The van der Waals surface area contributed by atoms with E-state index in [1.807, 2.05) is 18.2 Å². The van der Waals surface area contributed by atoms with Crippen LogP contribution in [0.3, 0.4) is 0 Å². The number of rotatable bonds is 4. The number of aromatic nitrogens is 1. The molecule has 1 unspecified atom stereocenters. The molecule has 0 aliphatic carbocycles. The minimum absolute atomic E-state index is 0.136. The minimum Gasteiger partial charge on any atom is -0.496 e. The number of aryl methyl sites for hydroxylation is 1. The van der Waals surface area contributed by atoms with E-state index in [2.05, 4.69) is 30.3 Å². The van der Waals surface area contributed by atoms with Crippen molar-refractivity contribution in [2.45, 2.75) is 19.9 Å². The Balaban J connectivity index is 2.53. The van der Waals surface area contributed by atoms with E-state index in [1.165, 1.54) is 5.56 Å². The van der Waals surface area contributed by atoms with Gasteiger partial charge in [-0.2, -0.15) is 0 Å². The number of pyridine rings is 1. The van der Waals surface area contributed by atoms with E-state index in [0.717, 1.165) is 22.4 Å². The first-order valence-corrected chi connectivity index (χ1v) is 6.19. The molecule has 0 amide bonds. The molecule has 19 heavy (non-hydrogen) atoms. The predicted molar refractivity (Wildman–Crippen MR) is 75.9 cm³/mol. The van der Waals surface area contributed by atoms with Gasteiger partial charge in [0.1, 0.15) is 5.75 Å². The average Bonchev–Trinajstić information content (AvgIpc) is 2.45. The van der Waals surface area contributed by atoms with Crippen molar-refractivity contribution in [3.8, 4) is 5.75 Å². The van der Waals surface area contributed by atoms with Crippen LogP contribution in [0.25, 0.3) is 0 Å². The van der Waals surface area contributed by atoms with E-state index < -0.39 is 0 Å². The van der Waals surface area contributed by atoms with Crippen molar-refractivity contribution in [2.75, 3.05) is 7.11 Å². The van der Waals surface area contributed by atoms with E-state index in [1.54, 1.807) is 19.5 Å². The molecule has 4 nitrogen and oxygen atoms in total. The quantitative estimate of drug-likeness (QED) is 0.651. The van der Waals surface area contributed by atoms with Gasteiger partial charge in [0.15, 0.2) is 0 Å². The number of nitrogens with one attached hydrogen (secondary N) is 1. The lowest BCUT2D eigenvalue weighted by atomic mass is 9.95. The van der Waals surface area contributed by atoms with Crippen molar-refractivity contribution in [1.29, 1.82) is 0 Å². The van der Waals surface area contributed by atoms with Crippen molar-refractivity contribution < 1.29 is 4.74 Å². The number of ether oxygens (including phenoxy) is 1. The monoisotopic (exact) mass is 257 g/mol. The molecule has 1 atom stereocenters. The molecule has 0 bridgehead atoms. The molecule has 0 saturated heterocycles. The first kappa shape index (κ1) is 13.5. The largest absolute Gasteiger partial charge is 0.496 e. The topological polar surface area (TPSA) is 60.2 Å². The Hall–Kier alpha value is -1.91. The Labute approximate surface area is 113 Å². The smallest absolute Gasteiger partial charge is 0.127 e. The summed E-state index contributed by atoms with van der Waals surface area (Å²) in [5, 5.41) is 0. The van der Waals surface area contributed by atoms with E-state index in [0.29, 0.717) is 0 Å². The van der Waals surface area contributed by atoms with Gasteiger partial charge in [-0.25, -0.2) is 5.43 Å². The van der Waals surface area contributed by atoms with Crippen LogP contribution in [0.1, 0.15) is 28.3 Å². The van der Waals surface area contributed by atoms with Gasteiger partial charge in [0.05, 0.1) is 13.2 Å². The molecule has 0 aliphatic heterocycles. The second-order valence-electron chi connectivity index (χ2n) is 4.52. The zero-order chi connectivity index (χ0) is 13.8. The summed E-state index contributed by atoms with van der Waals surface area (Å²) in [6.45, 7) is 4.12. The summed E-state index contributed by atoms with van der Waals surface area (Å²) in [6, 6.07) is 7.87. The molecule has 4 heteroatoms. The third-order valence-corrected chi connectivity index (χ3v) is 3.41. The van der Waals surface area contributed by atoms with Crippen LogP contribution in [0, 0.1) is 13.8 Å². The molecule has 1 aromatic heterocycles. The van der Waals surface area contributed by atoms with Gasteiger partial charge in [-0.15, -0.1) is 0 Å². The van der Waals surface area contributed by atoms with Crippen LogP contribution in [-0.4, -0.2) is 12.1 Å². The Bertz CT molecular complexity index is 555. The van der Waals surface area contributed by atoms with Crippen LogP contribution in [0.5, 0.6) is 5.75 Å². The Morgan fingerprint density at radius 3 is 2.63 bits per heavy atom. The molecule has 0 spiro atoms. The Morgan fingerprint density at radius 2 is 2.05 bits per heavy atom. The fourth-order valence-electron chi connectivity index (χ4n) is 2.22. The highest BCUT2D eigenvalue weighted by Gasteiger charge is 2.19. The summed E-state index contributed by atoms with van der Waals surface area (Å²) in [5.41, 5.74) is 7.18. The van der Waals surface area contributed by atoms with Gasteiger partial charge in [0.2, 0.25) is 0 Å². The van der Waals surface area contributed by atoms with Gasteiger partial charge in [0.25, 0.3) is 0 Å². The van der Waals surface area contributed by atoms with E-state index in [4.69, 9.17) is 10.6 Å². The van der Waals surface area contributed by atoms with Crippen LogP contribution < -0.4 is 16.0 Å². The maximum absolute atomic E-state index is 5.72. The molecule has 0 radical (unpaired) electrons. The van der Waals surface area contributed by atoms with Gasteiger partial charge in [0, 0.05) is 18.0 Å². The number of hydrogen-bond donors (Lipinski definition) is 2. The van der Waals surface area contributed by atoms with Gasteiger partial charge in [-0.1, -0.05) is 18.2 Å². The third-order valence-electron chi connectivity index (χ3n) is 3.41. The standard InChI is InChI=1S/C15H19N3O/c1-10-6-7-13(15(19-3)11(10)2)14(18-16)12-5-4-8-17-9-12/h4-9,14,18H,16H2,1-3H3. The fourth-order valence-corrected chi connectivity index (χ4v) is 2.22. The summed E-state index contributed by atoms with van der Waals surface area (Å²) < 4.78 is 5.55.